The van der Waals surface area contributed by atoms with Crippen molar-refractivity contribution in [2.45, 2.75) is 6.42 Å². The molecule has 1 aliphatic rings. The lowest BCUT2D eigenvalue weighted by Crippen LogP contribution is -2.41. The predicted molar refractivity (Wildman–Crippen MR) is 128 cm³/mol. The fourth-order valence-corrected chi connectivity index (χ4v) is 3.94. The Hall–Kier alpha value is -3.68. The molecule has 0 aliphatic carbocycles. The molecule has 2 heterocycles. The molecule has 1 saturated heterocycles. The number of hydrogen-bond acceptors (Lipinski definition) is 4. The van der Waals surface area contributed by atoms with Crippen molar-refractivity contribution >= 4 is 45.8 Å². The van der Waals surface area contributed by atoms with E-state index in [0.717, 1.165) is 33.7 Å². The number of rotatable bonds is 5. The highest BCUT2D eigenvalue weighted by Gasteiger charge is 2.20. The van der Waals surface area contributed by atoms with Crippen molar-refractivity contribution in [3.05, 3.63) is 77.3 Å². The van der Waals surface area contributed by atoms with Gasteiger partial charge in [0.05, 0.1) is 24.1 Å². The summed E-state index contributed by atoms with van der Waals surface area (Å²) in [5.74, 6) is 0.565. The van der Waals surface area contributed by atoms with Crippen LogP contribution >= 0.6 is 11.6 Å². The number of amides is 2. The third-order valence-electron chi connectivity index (χ3n) is 5.48. The van der Waals surface area contributed by atoms with Crippen molar-refractivity contribution < 1.29 is 14.3 Å². The summed E-state index contributed by atoms with van der Waals surface area (Å²) in [6.45, 7) is 1.15. The van der Waals surface area contributed by atoms with Gasteiger partial charge < -0.3 is 19.9 Å². The SMILES string of the molecule is O=C(Cc1ccc2nc(-c3ccc(Cl)cc3)[nH]c2c1)Nc1ccc(N2CCOCC2=O)cc1. The maximum Gasteiger partial charge on any atom is 0.253 e. The number of fused-ring (bicyclic) bond motifs is 1. The molecule has 166 valence electrons. The van der Waals surface area contributed by atoms with Crippen molar-refractivity contribution in [1.82, 2.24) is 9.97 Å². The monoisotopic (exact) mass is 460 g/mol. The van der Waals surface area contributed by atoms with E-state index in [4.69, 9.17) is 16.3 Å². The smallest absolute Gasteiger partial charge is 0.253 e. The number of carbonyl (C=O) groups excluding carboxylic acids is 2. The third kappa shape index (κ3) is 4.74. The van der Waals surface area contributed by atoms with E-state index in [2.05, 4.69) is 15.3 Å². The molecular formula is C25H21ClN4O3. The largest absolute Gasteiger partial charge is 0.370 e. The summed E-state index contributed by atoms with van der Waals surface area (Å²) >= 11 is 5.97. The van der Waals surface area contributed by atoms with Crippen LogP contribution in [0.3, 0.4) is 0 Å². The Morgan fingerprint density at radius 3 is 2.64 bits per heavy atom. The number of carbonyl (C=O) groups is 2. The second-order valence-electron chi connectivity index (χ2n) is 7.81. The number of halogens is 1. The van der Waals surface area contributed by atoms with E-state index in [0.29, 0.717) is 23.9 Å². The molecule has 0 atom stereocenters. The average molecular weight is 461 g/mol. The minimum atomic E-state index is -0.123. The first kappa shape index (κ1) is 21.2. The van der Waals surface area contributed by atoms with Gasteiger partial charge in [-0.2, -0.15) is 0 Å². The maximum absolute atomic E-state index is 12.6. The summed E-state index contributed by atoms with van der Waals surface area (Å²) in [6.07, 6.45) is 0.231. The van der Waals surface area contributed by atoms with Gasteiger partial charge in [0, 0.05) is 28.5 Å². The maximum atomic E-state index is 12.6. The Balaban J connectivity index is 1.25. The first-order valence-corrected chi connectivity index (χ1v) is 11.0. The molecule has 1 aliphatic heterocycles. The normalized spacial score (nSPS) is 14.0. The van der Waals surface area contributed by atoms with Gasteiger partial charge in [0.2, 0.25) is 5.91 Å². The van der Waals surface area contributed by atoms with Crippen LogP contribution in [-0.2, 0) is 20.7 Å². The van der Waals surface area contributed by atoms with E-state index in [9.17, 15) is 9.59 Å². The number of ether oxygens (including phenoxy) is 1. The molecule has 0 saturated carbocycles. The number of nitrogens with zero attached hydrogens (tertiary/aromatic N) is 2. The highest BCUT2D eigenvalue weighted by atomic mass is 35.5. The zero-order chi connectivity index (χ0) is 22.8. The van der Waals surface area contributed by atoms with Crippen molar-refractivity contribution in [3.63, 3.8) is 0 Å². The van der Waals surface area contributed by atoms with Crippen LogP contribution in [0.15, 0.2) is 66.7 Å². The Bertz CT molecular complexity index is 1320. The molecule has 1 fully saturated rings. The van der Waals surface area contributed by atoms with Crippen LogP contribution < -0.4 is 10.2 Å². The van der Waals surface area contributed by atoms with E-state index in [1.807, 2.05) is 54.6 Å². The topological polar surface area (TPSA) is 87.3 Å². The third-order valence-corrected chi connectivity index (χ3v) is 5.73. The van der Waals surface area contributed by atoms with Crippen molar-refractivity contribution in [2.24, 2.45) is 0 Å². The minimum absolute atomic E-state index is 0.0635. The van der Waals surface area contributed by atoms with Gasteiger partial charge in [-0.05, 0) is 66.2 Å². The predicted octanol–water partition coefficient (Wildman–Crippen LogP) is 4.43. The van der Waals surface area contributed by atoms with Gasteiger partial charge >= 0.3 is 0 Å². The van der Waals surface area contributed by atoms with Crippen molar-refractivity contribution in [1.29, 1.82) is 0 Å². The summed E-state index contributed by atoms with van der Waals surface area (Å²) in [6, 6.07) is 20.5. The molecule has 0 unspecified atom stereocenters. The first-order chi connectivity index (χ1) is 16.0. The van der Waals surface area contributed by atoms with E-state index in [1.54, 1.807) is 17.0 Å². The molecule has 2 N–H and O–H groups in total. The number of imidazole rings is 1. The quantitative estimate of drug-likeness (QED) is 0.461. The number of H-pyrrole nitrogens is 1. The number of anilines is 2. The fraction of sp³-hybridized carbons (Fsp3) is 0.160. The van der Waals surface area contributed by atoms with Gasteiger partial charge in [-0.1, -0.05) is 17.7 Å². The summed E-state index contributed by atoms with van der Waals surface area (Å²) in [4.78, 5) is 34.2. The lowest BCUT2D eigenvalue weighted by molar-refractivity contribution is -0.125. The first-order valence-electron chi connectivity index (χ1n) is 10.6. The summed E-state index contributed by atoms with van der Waals surface area (Å²) in [7, 11) is 0. The Kier molecular flexibility index (Phi) is 5.81. The Morgan fingerprint density at radius 1 is 1.09 bits per heavy atom. The number of aromatic nitrogens is 2. The Labute approximate surface area is 195 Å². The van der Waals surface area contributed by atoms with E-state index in [-0.39, 0.29) is 24.8 Å². The standard InChI is InChI=1S/C25H21ClN4O3/c26-18-4-2-17(3-5-18)25-28-21-10-1-16(13-22(21)29-25)14-23(31)27-19-6-8-20(9-7-19)30-11-12-33-15-24(30)32/h1-10,13H,11-12,14-15H2,(H,27,31)(H,28,29). The molecule has 0 radical (unpaired) electrons. The number of benzene rings is 3. The van der Waals surface area contributed by atoms with E-state index >= 15 is 0 Å². The molecule has 33 heavy (non-hydrogen) atoms. The lowest BCUT2D eigenvalue weighted by atomic mass is 10.1. The summed E-state index contributed by atoms with van der Waals surface area (Å²) in [5.41, 5.74) is 4.99. The lowest BCUT2D eigenvalue weighted by Gasteiger charge is -2.26. The molecular weight excluding hydrogens is 440 g/mol. The van der Waals surface area contributed by atoms with Crippen LogP contribution in [-0.4, -0.2) is 41.5 Å². The van der Waals surface area contributed by atoms with Crippen LogP contribution in [0.1, 0.15) is 5.56 Å². The van der Waals surface area contributed by atoms with Crippen LogP contribution in [0, 0.1) is 0 Å². The molecule has 7 nitrogen and oxygen atoms in total. The molecule has 5 rings (SSSR count). The molecule has 0 bridgehead atoms. The second kappa shape index (κ2) is 9.05. The van der Waals surface area contributed by atoms with Gasteiger partial charge in [-0.3, -0.25) is 9.59 Å². The molecule has 4 aromatic rings. The van der Waals surface area contributed by atoms with Crippen molar-refractivity contribution in [2.75, 3.05) is 30.0 Å². The van der Waals surface area contributed by atoms with Gasteiger partial charge in [0.1, 0.15) is 12.4 Å². The molecule has 1 aromatic heterocycles. The van der Waals surface area contributed by atoms with E-state index < -0.39 is 0 Å². The molecule has 2 amide bonds. The van der Waals surface area contributed by atoms with Crippen molar-refractivity contribution in [3.8, 4) is 11.4 Å². The number of hydrogen-bond donors (Lipinski definition) is 2. The van der Waals surface area contributed by atoms with E-state index in [1.165, 1.54) is 0 Å². The van der Waals surface area contributed by atoms with Gasteiger partial charge in [-0.15, -0.1) is 0 Å². The van der Waals surface area contributed by atoms with Gasteiger partial charge in [-0.25, -0.2) is 4.98 Å². The fourth-order valence-electron chi connectivity index (χ4n) is 3.82. The molecule has 3 aromatic carbocycles. The minimum Gasteiger partial charge on any atom is -0.370 e. The number of morpholine rings is 1. The zero-order valence-electron chi connectivity index (χ0n) is 17.7. The van der Waals surface area contributed by atoms with Gasteiger partial charge in [0.25, 0.3) is 5.91 Å². The van der Waals surface area contributed by atoms with Crippen LogP contribution in [0.4, 0.5) is 11.4 Å². The highest BCUT2D eigenvalue weighted by molar-refractivity contribution is 6.30. The van der Waals surface area contributed by atoms with Crippen LogP contribution in [0.5, 0.6) is 0 Å². The molecule has 8 heteroatoms. The summed E-state index contributed by atoms with van der Waals surface area (Å²) < 4.78 is 5.16. The average Bonchev–Trinajstić information content (AvgIpc) is 3.24. The number of nitrogens with one attached hydrogen (secondary N) is 2. The van der Waals surface area contributed by atoms with Crippen LogP contribution in [0.25, 0.3) is 22.4 Å². The van der Waals surface area contributed by atoms with Gasteiger partial charge in [0.15, 0.2) is 0 Å². The second-order valence-corrected chi connectivity index (χ2v) is 8.25. The highest BCUT2D eigenvalue weighted by Crippen LogP contribution is 2.24. The molecule has 0 spiro atoms. The zero-order valence-corrected chi connectivity index (χ0v) is 18.4. The summed E-state index contributed by atoms with van der Waals surface area (Å²) in [5, 5.41) is 3.58. The van der Waals surface area contributed by atoms with Crippen LogP contribution in [0.2, 0.25) is 5.02 Å². The number of aromatic amines is 1. The Morgan fingerprint density at radius 2 is 1.88 bits per heavy atom.